The van der Waals surface area contributed by atoms with Gasteiger partial charge in [-0.1, -0.05) is 29.8 Å². The molecule has 3 aliphatic rings. The minimum Gasteiger partial charge on any atom is -0.480 e. The minimum atomic E-state index is -1.08. The van der Waals surface area contributed by atoms with Gasteiger partial charge in [-0.2, -0.15) is 0 Å². The van der Waals surface area contributed by atoms with Crippen molar-refractivity contribution in [1.29, 1.82) is 0 Å². The second-order valence-corrected chi connectivity index (χ2v) is 11.7. The quantitative estimate of drug-likeness (QED) is 0.256. The van der Waals surface area contributed by atoms with Gasteiger partial charge in [-0.25, -0.2) is 23.5 Å². The number of pyridine rings is 1. The van der Waals surface area contributed by atoms with Gasteiger partial charge in [0.15, 0.2) is 11.3 Å². The summed E-state index contributed by atoms with van der Waals surface area (Å²) in [7, 11) is 0. The number of imidazole rings is 1. The molecule has 0 amide bonds. The van der Waals surface area contributed by atoms with Crippen molar-refractivity contribution in [2.45, 2.75) is 50.5 Å². The topological polar surface area (TPSA) is 89.7 Å². The van der Waals surface area contributed by atoms with Crippen LogP contribution in [0.4, 0.5) is 8.78 Å². The van der Waals surface area contributed by atoms with Crippen molar-refractivity contribution < 1.29 is 28.2 Å². The zero-order valence-corrected chi connectivity index (χ0v) is 23.9. The van der Waals surface area contributed by atoms with Crippen LogP contribution in [0.1, 0.15) is 64.3 Å². The molecule has 5 heterocycles. The number of nitrogens with zero attached hydrogens (tertiary/aromatic N) is 4. The maximum atomic E-state index is 15.3. The van der Waals surface area contributed by atoms with Crippen LogP contribution in [0.25, 0.3) is 17.0 Å². The second kappa shape index (κ2) is 11.3. The molecule has 0 unspecified atom stereocenters. The van der Waals surface area contributed by atoms with Crippen LogP contribution < -0.4 is 4.74 Å². The van der Waals surface area contributed by atoms with Gasteiger partial charge in [-0.3, -0.25) is 4.90 Å². The Balaban J connectivity index is 1.10. The van der Waals surface area contributed by atoms with Crippen molar-refractivity contribution in [1.82, 2.24) is 19.4 Å². The molecule has 0 spiro atoms. The van der Waals surface area contributed by atoms with Crippen LogP contribution in [0.5, 0.6) is 5.75 Å². The molecule has 222 valence electrons. The SMILES string of the molecule is O=C(O)c1ccc2nc(CN3CCC(c4cccc5c4O[C@H](c4ccc(Cl)cc4F)C=C5F)CC3)n(C[C@@H]3CCO3)c2n1. The number of rotatable bonds is 7. The van der Waals surface area contributed by atoms with Crippen molar-refractivity contribution in [3.8, 4) is 5.75 Å². The van der Waals surface area contributed by atoms with Crippen LogP contribution in [0.2, 0.25) is 5.02 Å². The first-order valence-corrected chi connectivity index (χ1v) is 14.8. The summed E-state index contributed by atoms with van der Waals surface area (Å²) in [5.41, 5.74) is 2.72. The van der Waals surface area contributed by atoms with E-state index in [1.807, 2.05) is 16.7 Å². The fourth-order valence-electron chi connectivity index (χ4n) is 6.18. The van der Waals surface area contributed by atoms with Crippen molar-refractivity contribution in [2.75, 3.05) is 19.7 Å². The van der Waals surface area contributed by atoms with Gasteiger partial charge in [-0.15, -0.1) is 0 Å². The number of carbonyl (C=O) groups is 1. The van der Waals surface area contributed by atoms with E-state index in [1.165, 1.54) is 24.3 Å². The molecule has 7 rings (SSSR count). The smallest absolute Gasteiger partial charge is 0.354 e. The number of piperidine rings is 1. The Kier molecular flexibility index (Phi) is 7.36. The molecule has 2 aromatic carbocycles. The molecule has 2 atom stereocenters. The molecule has 2 saturated heterocycles. The zero-order chi connectivity index (χ0) is 29.7. The third kappa shape index (κ3) is 5.39. The molecule has 0 bridgehead atoms. The van der Waals surface area contributed by atoms with Crippen molar-refractivity contribution in [2.24, 2.45) is 0 Å². The molecule has 4 aromatic rings. The van der Waals surface area contributed by atoms with Gasteiger partial charge in [0.05, 0.1) is 24.8 Å². The number of carboxylic acids is 1. The molecule has 0 radical (unpaired) electrons. The lowest BCUT2D eigenvalue weighted by molar-refractivity contribution is -0.0593. The maximum Gasteiger partial charge on any atom is 0.354 e. The minimum absolute atomic E-state index is 0.0173. The number of benzene rings is 2. The highest BCUT2D eigenvalue weighted by Gasteiger charge is 2.31. The average molecular weight is 607 g/mol. The van der Waals surface area contributed by atoms with E-state index in [1.54, 1.807) is 18.2 Å². The van der Waals surface area contributed by atoms with Crippen LogP contribution in [0, 0.1) is 5.82 Å². The Morgan fingerprint density at radius 1 is 1.05 bits per heavy atom. The predicted octanol–water partition coefficient (Wildman–Crippen LogP) is 6.53. The lowest BCUT2D eigenvalue weighted by Gasteiger charge is -2.34. The molecule has 3 aliphatic heterocycles. The van der Waals surface area contributed by atoms with Crippen LogP contribution in [-0.2, 0) is 17.8 Å². The van der Waals surface area contributed by atoms with Crippen molar-refractivity contribution in [3.63, 3.8) is 0 Å². The Labute approximate surface area is 251 Å². The number of halogens is 3. The molecule has 0 saturated carbocycles. The van der Waals surface area contributed by atoms with Gasteiger partial charge in [0.1, 0.15) is 34.8 Å². The molecule has 2 aromatic heterocycles. The number of aromatic nitrogens is 3. The lowest BCUT2D eigenvalue weighted by atomic mass is 9.86. The predicted molar refractivity (Wildman–Crippen MR) is 156 cm³/mol. The van der Waals surface area contributed by atoms with E-state index >= 15 is 4.39 Å². The van der Waals surface area contributed by atoms with E-state index in [2.05, 4.69) is 9.88 Å². The highest BCUT2D eigenvalue weighted by Crippen LogP contribution is 2.45. The van der Waals surface area contributed by atoms with E-state index in [-0.39, 0.29) is 28.3 Å². The van der Waals surface area contributed by atoms with Crippen LogP contribution in [0.15, 0.2) is 54.6 Å². The number of hydrogen-bond donors (Lipinski definition) is 1. The molecule has 43 heavy (non-hydrogen) atoms. The standard InChI is InChI=1S/C32H29ClF2N4O4/c33-19-4-5-22(24(34)14-19)28-15-25(35)23-3-1-2-21(30(23)43-28)18-8-11-38(12-9-18)17-29-36-26-6-7-27(32(40)41)37-31(26)39(29)16-20-10-13-42-20/h1-7,14-15,18,20,28H,8-13,16-17H2,(H,40,41)/t20-,28-/m0/s1. The number of carboxylic acid groups (broad SMARTS) is 1. The zero-order valence-electron chi connectivity index (χ0n) is 23.2. The lowest BCUT2D eigenvalue weighted by Crippen LogP contribution is -2.35. The third-order valence-corrected chi connectivity index (χ3v) is 8.81. The van der Waals surface area contributed by atoms with Gasteiger partial charge >= 0.3 is 5.97 Å². The molecule has 11 heteroatoms. The second-order valence-electron chi connectivity index (χ2n) is 11.3. The maximum absolute atomic E-state index is 15.3. The van der Waals surface area contributed by atoms with E-state index in [0.29, 0.717) is 35.6 Å². The normalized spacial score (nSPS) is 20.8. The van der Waals surface area contributed by atoms with E-state index in [4.69, 9.17) is 26.1 Å². The molecule has 2 fully saturated rings. The summed E-state index contributed by atoms with van der Waals surface area (Å²) in [5, 5.41) is 9.73. The fourth-order valence-corrected chi connectivity index (χ4v) is 6.34. The van der Waals surface area contributed by atoms with Crippen LogP contribution >= 0.6 is 11.6 Å². The van der Waals surface area contributed by atoms with Crippen molar-refractivity contribution >= 4 is 34.6 Å². The molecule has 8 nitrogen and oxygen atoms in total. The first-order chi connectivity index (χ1) is 20.8. The number of aromatic carboxylic acids is 1. The summed E-state index contributed by atoms with van der Waals surface area (Å²) >= 11 is 5.92. The Hall–Kier alpha value is -3.86. The van der Waals surface area contributed by atoms with E-state index in [9.17, 15) is 14.3 Å². The summed E-state index contributed by atoms with van der Waals surface area (Å²) in [5.74, 6) is -0.642. The van der Waals surface area contributed by atoms with Gasteiger partial charge < -0.3 is 19.1 Å². The third-order valence-electron chi connectivity index (χ3n) is 8.58. The first kappa shape index (κ1) is 27.9. The molecular formula is C32H29ClF2N4O4. The summed E-state index contributed by atoms with van der Waals surface area (Å²) in [6.45, 7) is 3.42. The number of ether oxygens (including phenoxy) is 2. The Morgan fingerprint density at radius 2 is 1.86 bits per heavy atom. The van der Waals surface area contributed by atoms with Gasteiger partial charge in [-0.05, 0) is 80.2 Å². The number of fused-ring (bicyclic) bond motifs is 2. The Morgan fingerprint density at radius 3 is 2.58 bits per heavy atom. The van der Waals surface area contributed by atoms with Crippen LogP contribution in [-0.4, -0.2) is 56.3 Å². The van der Waals surface area contributed by atoms with Crippen LogP contribution in [0.3, 0.4) is 0 Å². The Bertz CT molecular complexity index is 1750. The summed E-state index contributed by atoms with van der Waals surface area (Å²) in [4.78, 5) is 23.1. The highest BCUT2D eigenvalue weighted by atomic mass is 35.5. The summed E-state index contributed by atoms with van der Waals surface area (Å²) in [6, 6.07) is 13.0. The summed E-state index contributed by atoms with van der Waals surface area (Å²) in [6.07, 6.45) is 3.04. The largest absolute Gasteiger partial charge is 0.480 e. The monoisotopic (exact) mass is 606 g/mol. The first-order valence-electron chi connectivity index (χ1n) is 14.4. The molecule has 1 N–H and O–H groups in total. The average Bonchev–Trinajstić information content (AvgIpc) is 3.31. The molecular weight excluding hydrogens is 578 g/mol. The molecule has 0 aliphatic carbocycles. The van der Waals surface area contributed by atoms with E-state index in [0.717, 1.165) is 50.3 Å². The van der Waals surface area contributed by atoms with Gasteiger partial charge in [0.25, 0.3) is 0 Å². The fraction of sp³-hybridized carbons (Fsp3) is 0.344. The number of likely N-dealkylation sites (tertiary alicyclic amines) is 1. The van der Waals surface area contributed by atoms with Crippen molar-refractivity contribution in [3.05, 3.63) is 93.7 Å². The van der Waals surface area contributed by atoms with E-state index < -0.39 is 23.7 Å². The number of para-hydroxylation sites is 1. The summed E-state index contributed by atoms with van der Waals surface area (Å²) < 4.78 is 43.9. The van der Waals surface area contributed by atoms with Gasteiger partial charge in [0.2, 0.25) is 0 Å². The number of hydrogen-bond acceptors (Lipinski definition) is 6. The highest BCUT2D eigenvalue weighted by molar-refractivity contribution is 6.30. The van der Waals surface area contributed by atoms with Gasteiger partial charge in [0, 0.05) is 17.2 Å².